The normalized spacial score (nSPS) is 11.5. The van der Waals surface area contributed by atoms with Crippen LogP contribution in [-0.2, 0) is 9.47 Å². The standard InChI is InChI=1S/C15H31O2.C4H9.Sn/c1-3-5-7-9-11-13-16-15-17-14-12-10-8-6-4-2;1-3-4-2;/h15H,3-14H2,1-2H3;1,3-4H2,2H3;. The molecular weight excluding hydrogens is 379 g/mol. The summed E-state index contributed by atoms with van der Waals surface area (Å²) in [5, 5.41) is 0. The molecule has 0 aliphatic rings. The van der Waals surface area contributed by atoms with Gasteiger partial charge in [-0.05, 0) is 0 Å². The molecule has 0 rings (SSSR count). The van der Waals surface area contributed by atoms with E-state index in [4.69, 9.17) is 9.47 Å². The fourth-order valence-corrected chi connectivity index (χ4v) is 5.96. The second kappa shape index (κ2) is 19.8. The predicted octanol–water partition coefficient (Wildman–Crippen LogP) is 6.17. The van der Waals surface area contributed by atoms with Crippen molar-refractivity contribution >= 4 is 21.1 Å². The number of ether oxygens (including phenoxy) is 2. The summed E-state index contributed by atoms with van der Waals surface area (Å²) >= 11 is -0.506. The van der Waals surface area contributed by atoms with Gasteiger partial charge in [0.25, 0.3) is 0 Å². The van der Waals surface area contributed by atoms with Crippen LogP contribution in [0.2, 0.25) is 4.44 Å². The molecule has 0 unspecified atom stereocenters. The van der Waals surface area contributed by atoms with Gasteiger partial charge in [-0.15, -0.1) is 0 Å². The Hall–Kier alpha value is 0.719. The van der Waals surface area contributed by atoms with Gasteiger partial charge in [-0.1, -0.05) is 0 Å². The van der Waals surface area contributed by atoms with E-state index in [1.807, 2.05) is 0 Å². The van der Waals surface area contributed by atoms with E-state index in [0.29, 0.717) is 0 Å². The molecule has 0 saturated carbocycles. The van der Waals surface area contributed by atoms with Gasteiger partial charge in [0, 0.05) is 0 Å². The number of hydrogen-bond acceptors (Lipinski definition) is 2. The quantitative estimate of drug-likeness (QED) is 0.150. The Balaban J connectivity index is 3.65. The molecule has 22 heavy (non-hydrogen) atoms. The third-order valence-electron chi connectivity index (χ3n) is 3.88. The van der Waals surface area contributed by atoms with Crippen molar-refractivity contribution in [1.29, 1.82) is 0 Å². The summed E-state index contributed by atoms with van der Waals surface area (Å²) in [5.41, 5.74) is 0. The van der Waals surface area contributed by atoms with Crippen LogP contribution in [0.4, 0.5) is 0 Å². The molecule has 2 nitrogen and oxygen atoms in total. The molecule has 3 heteroatoms. The number of hydrogen-bond donors (Lipinski definition) is 0. The van der Waals surface area contributed by atoms with Crippen molar-refractivity contribution in [2.75, 3.05) is 13.2 Å². The molecule has 0 N–H and O–H groups in total. The van der Waals surface area contributed by atoms with E-state index in [1.165, 1.54) is 81.5 Å². The van der Waals surface area contributed by atoms with E-state index in [0.717, 1.165) is 13.2 Å². The Morgan fingerprint density at radius 3 is 1.50 bits per heavy atom. The van der Waals surface area contributed by atoms with Crippen molar-refractivity contribution < 1.29 is 9.47 Å². The Morgan fingerprint density at radius 1 is 0.591 bits per heavy atom. The zero-order chi connectivity index (χ0) is 16.3. The third kappa shape index (κ3) is 17.1. The summed E-state index contributed by atoms with van der Waals surface area (Å²) in [4.78, 5) is 0. The molecule has 0 aromatic heterocycles. The first-order chi connectivity index (χ1) is 10.8. The molecule has 0 aliphatic carbocycles. The molecule has 0 heterocycles. The molecule has 0 aromatic carbocycles. The molecule has 2 radical (unpaired) electrons. The van der Waals surface area contributed by atoms with Crippen LogP contribution in [0.1, 0.15) is 97.8 Å². The first kappa shape index (κ1) is 22.7. The average molecular weight is 419 g/mol. The molecule has 0 atom stereocenters. The van der Waals surface area contributed by atoms with Crippen LogP contribution in [-0.4, -0.2) is 38.7 Å². The first-order valence-electron chi connectivity index (χ1n) is 9.81. The van der Waals surface area contributed by atoms with E-state index < -0.39 is 21.1 Å². The molecule has 0 spiro atoms. The maximum atomic E-state index is 6.05. The summed E-state index contributed by atoms with van der Waals surface area (Å²) in [6, 6.07) is 0. The molecule has 0 aromatic rings. The van der Waals surface area contributed by atoms with Gasteiger partial charge in [0.1, 0.15) is 0 Å². The second-order valence-corrected chi connectivity index (χ2v) is 10.1. The van der Waals surface area contributed by atoms with Gasteiger partial charge in [0.2, 0.25) is 0 Å². The van der Waals surface area contributed by atoms with Gasteiger partial charge in [-0.3, -0.25) is 0 Å². The van der Waals surface area contributed by atoms with Crippen LogP contribution in [0.25, 0.3) is 0 Å². The Kier molecular flexibility index (Phi) is 20.4. The van der Waals surface area contributed by atoms with Gasteiger partial charge in [-0.2, -0.15) is 0 Å². The Bertz CT molecular complexity index is 184. The van der Waals surface area contributed by atoms with E-state index >= 15 is 0 Å². The van der Waals surface area contributed by atoms with Gasteiger partial charge >= 0.3 is 150 Å². The number of unbranched alkanes of at least 4 members (excludes halogenated alkanes) is 9. The molecular formula is C19H40O2Sn. The van der Waals surface area contributed by atoms with Crippen LogP contribution in [0.3, 0.4) is 0 Å². The summed E-state index contributed by atoms with van der Waals surface area (Å²) < 4.78 is 13.7. The van der Waals surface area contributed by atoms with Crippen molar-refractivity contribution in [3.63, 3.8) is 0 Å². The monoisotopic (exact) mass is 420 g/mol. The van der Waals surface area contributed by atoms with Gasteiger partial charge in [0.15, 0.2) is 0 Å². The third-order valence-corrected chi connectivity index (χ3v) is 7.61. The summed E-state index contributed by atoms with van der Waals surface area (Å²) in [7, 11) is 0. The summed E-state index contributed by atoms with van der Waals surface area (Å²) in [5.74, 6) is 0. The van der Waals surface area contributed by atoms with E-state index in [2.05, 4.69) is 20.8 Å². The Morgan fingerprint density at radius 2 is 1.05 bits per heavy atom. The van der Waals surface area contributed by atoms with Gasteiger partial charge < -0.3 is 0 Å². The Labute approximate surface area is 150 Å². The van der Waals surface area contributed by atoms with Crippen molar-refractivity contribution in [3.8, 4) is 0 Å². The topological polar surface area (TPSA) is 18.5 Å². The van der Waals surface area contributed by atoms with Crippen molar-refractivity contribution in [2.45, 2.75) is 107 Å². The van der Waals surface area contributed by atoms with E-state index in [9.17, 15) is 0 Å². The zero-order valence-electron chi connectivity index (χ0n) is 15.5. The predicted molar refractivity (Wildman–Crippen MR) is 98.7 cm³/mol. The van der Waals surface area contributed by atoms with Gasteiger partial charge in [-0.25, -0.2) is 0 Å². The molecule has 0 saturated heterocycles. The van der Waals surface area contributed by atoms with Crippen LogP contribution in [0.5, 0.6) is 0 Å². The molecule has 0 aliphatic heterocycles. The van der Waals surface area contributed by atoms with Crippen LogP contribution in [0.15, 0.2) is 0 Å². The molecule has 132 valence electrons. The number of rotatable bonds is 18. The maximum absolute atomic E-state index is 6.05. The summed E-state index contributed by atoms with van der Waals surface area (Å²) in [6.07, 6.45) is 15.8. The van der Waals surface area contributed by atoms with Crippen LogP contribution >= 0.6 is 0 Å². The second-order valence-electron chi connectivity index (χ2n) is 6.21. The SMILES string of the molecule is CCCCCCCO[CH](OCCCCCCC)[Sn][CH2]CCC. The van der Waals surface area contributed by atoms with Crippen molar-refractivity contribution in [3.05, 3.63) is 0 Å². The summed E-state index contributed by atoms with van der Waals surface area (Å²) in [6.45, 7) is 8.63. The fraction of sp³-hybridized carbons (Fsp3) is 1.00. The van der Waals surface area contributed by atoms with Crippen LogP contribution < -0.4 is 0 Å². The first-order valence-corrected chi connectivity index (χ1v) is 13.5. The minimum atomic E-state index is -0.506. The molecule has 0 bridgehead atoms. The minimum absolute atomic E-state index is 0.215. The van der Waals surface area contributed by atoms with Crippen molar-refractivity contribution in [1.82, 2.24) is 0 Å². The molecule has 0 fully saturated rings. The van der Waals surface area contributed by atoms with Gasteiger partial charge in [0.05, 0.1) is 0 Å². The zero-order valence-corrected chi connectivity index (χ0v) is 18.4. The van der Waals surface area contributed by atoms with E-state index in [-0.39, 0.29) is 4.31 Å². The average Bonchev–Trinajstić information content (AvgIpc) is 2.53. The van der Waals surface area contributed by atoms with E-state index in [1.54, 1.807) is 0 Å². The molecule has 0 amide bonds. The van der Waals surface area contributed by atoms with Crippen molar-refractivity contribution in [2.24, 2.45) is 0 Å². The fourth-order valence-electron chi connectivity index (χ4n) is 2.35. The van der Waals surface area contributed by atoms with Crippen LogP contribution in [0, 0.1) is 0 Å².